The van der Waals surface area contributed by atoms with Crippen LogP contribution in [0.25, 0.3) is 0 Å². The molecule has 3 N–H and O–H groups in total. The van der Waals surface area contributed by atoms with E-state index in [4.69, 9.17) is 10.5 Å². The SMILES string of the molecule is COc1c(Br)cc(C)c(C)c1C(O)CN. The van der Waals surface area contributed by atoms with Crippen LogP contribution in [0.15, 0.2) is 10.5 Å². The van der Waals surface area contributed by atoms with Crippen molar-refractivity contribution in [1.82, 2.24) is 0 Å². The summed E-state index contributed by atoms with van der Waals surface area (Å²) in [4.78, 5) is 0. The zero-order valence-corrected chi connectivity index (χ0v) is 10.8. The second kappa shape index (κ2) is 4.96. The number of aliphatic hydroxyl groups excluding tert-OH is 1. The van der Waals surface area contributed by atoms with E-state index in [1.54, 1.807) is 7.11 Å². The summed E-state index contributed by atoms with van der Waals surface area (Å²) in [5.41, 5.74) is 8.37. The molecule has 0 aliphatic heterocycles. The molecule has 0 saturated carbocycles. The average molecular weight is 274 g/mol. The van der Waals surface area contributed by atoms with Gasteiger partial charge in [0.2, 0.25) is 0 Å². The Morgan fingerprint density at radius 1 is 1.53 bits per heavy atom. The molecule has 0 spiro atoms. The summed E-state index contributed by atoms with van der Waals surface area (Å²) in [6, 6.07) is 1.97. The van der Waals surface area contributed by atoms with Crippen LogP contribution in [-0.4, -0.2) is 18.8 Å². The maximum atomic E-state index is 9.85. The largest absolute Gasteiger partial charge is 0.495 e. The first-order chi connectivity index (χ1) is 7.02. The Balaban J connectivity index is 3.43. The van der Waals surface area contributed by atoms with Gasteiger partial charge in [0.25, 0.3) is 0 Å². The number of hydrogen-bond donors (Lipinski definition) is 2. The summed E-state index contributed by atoms with van der Waals surface area (Å²) in [6.45, 7) is 4.14. The Morgan fingerprint density at radius 2 is 2.13 bits per heavy atom. The number of aryl methyl sites for hydroxylation is 1. The lowest BCUT2D eigenvalue weighted by Gasteiger charge is -2.19. The van der Waals surface area contributed by atoms with Crippen molar-refractivity contribution >= 4 is 15.9 Å². The normalized spacial score (nSPS) is 12.7. The van der Waals surface area contributed by atoms with Gasteiger partial charge >= 0.3 is 0 Å². The minimum Gasteiger partial charge on any atom is -0.495 e. The first kappa shape index (κ1) is 12.5. The fourth-order valence-electron chi connectivity index (χ4n) is 1.60. The number of methoxy groups -OCH3 is 1. The van der Waals surface area contributed by atoms with E-state index in [9.17, 15) is 5.11 Å². The third-order valence-electron chi connectivity index (χ3n) is 2.56. The van der Waals surface area contributed by atoms with E-state index in [0.717, 1.165) is 21.2 Å². The maximum Gasteiger partial charge on any atom is 0.139 e. The average Bonchev–Trinajstić information content (AvgIpc) is 2.21. The highest BCUT2D eigenvalue weighted by Gasteiger charge is 2.18. The summed E-state index contributed by atoms with van der Waals surface area (Å²) >= 11 is 3.41. The number of ether oxygens (including phenoxy) is 1. The number of nitrogens with two attached hydrogens (primary N) is 1. The van der Waals surface area contributed by atoms with Gasteiger partial charge in [0.15, 0.2) is 0 Å². The highest BCUT2D eigenvalue weighted by Crippen LogP contribution is 2.36. The van der Waals surface area contributed by atoms with Gasteiger partial charge in [-0.05, 0) is 47.0 Å². The molecule has 0 radical (unpaired) electrons. The Morgan fingerprint density at radius 3 is 2.60 bits per heavy atom. The van der Waals surface area contributed by atoms with Gasteiger partial charge in [0, 0.05) is 12.1 Å². The molecule has 1 aromatic carbocycles. The van der Waals surface area contributed by atoms with Gasteiger partial charge in [-0.2, -0.15) is 0 Å². The molecule has 0 amide bonds. The van der Waals surface area contributed by atoms with Crippen molar-refractivity contribution in [3.63, 3.8) is 0 Å². The molecule has 0 aliphatic rings. The summed E-state index contributed by atoms with van der Waals surface area (Å²) in [5, 5.41) is 9.85. The zero-order valence-electron chi connectivity index (χ0n) is 9.17. The van der Waals surface area contributed by atoms with Crippen LogP contribution in [0.4, 0.5) is 0 Å². The van der Waals surface area contributed by atoms with Crippen molar-refractivity contribution in [3.05, 3.63) is 27.2 Å². The quantitative estimate of drug-likeness (QED) is 0.887. The van der Waals surface area contributed by atoms with E-state index in [1.807, 2.05) is 19.9 Å². The van der Waals surface area contributed by atoms with Crippen LogP contribution >= 0.6 is 15.9 Å². The fraction of sp³-hybridized carbons (Fsp3) is 0.455. The molecule has 1 rings (SSSR count). The van der Waals surface area contributed by atoms with E-state index in [0.29, 0.717) is 5.75 Å². The van der Waals surface area contributed by atoms with Crippen molar-refractivity contribution in [3.8, 4) is 5.75 Å². The van der Waals surface area contributed by atoms with E-state index in [-0.39, 0.29) is 6.54 Å². The lowest BCUT2D eigenvalue weighted by atomic mass is 9.98. The summed E-state index contributed by atoms with van der Waals surface area (Å²) < 4.78 is 6.12. The summed E-state index contributed by atoms with van der Waals surface area (Å²) in [5.74, 6) is 0.663. The molecule has 0 aromatic heterocycles. The van der Waals surface area contributed by atoms with Crippen molar-refractivity contribution in [2.75, 3.05) is 13.7 Å². The van der Waals surface area contributed by atoms with Gasteiger partial charge in [-0.1, -0.05) is 0 Å². The molecule has 0 fully saturated rings. The van der Waals surface area contributed by atoms with Gasteiger partial charge < -0.3 is 15.6 Å². The Labute approximate surface area is 98.4 Å². The van der Waals surface area contributed by atoms with Crippen LogP contribution in [-0.2, 0) is 0 Å². The second-order valence-corrected chi connectivity index (χ2v) is 4.35. The number of hydrogen-bond acceptors (Lipinski definition) is 3. The Hall–Kier alpha value is -0.580. The van der Waals surface area contributed by atoms with E-state index in [1.165, 1.54) is 0 Å². The van der Waals surface area contributed by atoms with Gasteiger partial charge in [0.05, 0.1) is 17.7 Å². The van der Waals surface area contributed by atoms with Crippen LogP contribution in [0.1, 0.15) is 22.8 Å². The highest BCUT2D eigenvalue weighted by atomic mass is 79.9. The fourth-order valence-corrected chi connectivity index (χ4v) is 2.32. The predicted molar refractivity (Wildman–Crippen MR) is 64.2 cm³/mol. The molecule has 0 saturated heterocycles. The monoisotopic (exact) mass is 273 g/mol. The van der Waals surface area contributed by atoms with Crippen LogP contribution in [0.3, 0.4) is 0 Å². The third-order valence-corrected chi connectivity index (χ3v) is 3.15. The van der Waals surface area contributed by atoms with Crippen LogP contribution in [0.2, 0.25) is 0 Å². The lowest BCUT2D eigenvalue weighted by molar-refractivity contribution is 0.181. The van der Waals surface area contributed by atoms with Gasteiger partial charge in [0.1, 0.15) is 5.75 Å². The molecule has 1 unspecified atom stereocenters. The minimum absolute atomic E-state index is 0.188. The molecule has 84 valence electrons. The second-order valence-electron chi connectivity index (χ2n) is 3.50. The van der Waals surface area contributed by atoms with Crippen LogP contribution < -0.4 is 10.5 Å². The Kier molecular flexibility index (Phi) is 4.13. The number of rotatable bonds is 3. The van der Waals surface area contributed by atoms with Crippen LogP contribution in [0, 0.1) is 13.8 Å². The molecule has 0 aliphatic carbocycles. The van der Waals surface area contributed by atoms with Gasteiger partial charge in [-0.15, -0.1) is 0 Å². The predicted octanol–water partition coefficient (Wildman–Crippen LogP) is 2.07. The van der Waals surface area contributed by atoms with E-state index >= 15 is 0 Å². The molecular weight excluding hydrogens is 258 g/mol. The summed E-state index contributed by atoms with van der Waals surface area (Å²) in [6.07, 6.45) is -0.684. The molecule has 0 heterocycles. The molecule has 0 bridgehead atoms. The van der Waals surface area contributed by atoms with Crippen molar-refractivity contribution < 1.29 is 9.84 Å². The number of halogens is 1. The smallest absolute Gasteiger partial charge is 0.139 e. The molecule has 3 nitrogen and oxygen atoms in total. The third kappa shape index (κ3) is 2.33. The van der Waals surface area contributed by atoms with Crippen molar-refractivity contribution in [2.24, 2.45) is 5.73 Å². The first-order valence-electron chi connectivity index (χ1n) is 4.74. The van der Waals surface area contributed by atoms with E-state index < -0.39 is 6.10 Å². The molecular formula is C11H16BrNO2. The minimum atomic E-state index is -0.684. The Bertz CT molecular complexity index is 366. The van der Waals surface area contributed by atoms with Crippen molar-refractivity contribution in [2.45, 2.75) is 20.0 Å². The maximum absolute atomic E-state index is 9.85. The van der Waals surface area contributed by atoms with Crippen LogP contribution in [0.5, 0.6) is 5.75 Å². The molecule has 4 heteroatoms. The zero-order chi connectivity index (χ0) is 11.6. The van der Waals surface area contributed by atoms with Gasteiger partial charge in [-0.3, -0.25) is 0 Å². The lowest BCUT2D eigenvalue weighted by Crippen LogP contribution is -2.14. The standard InChI is InChI=1S/C11H16BrNO2/c1-6-4-8(12)11(15-3)10(7(6)2)9(14)5-13/h4,9,14H,5,13H2,1-3H3. The topological polar surface area (TPSA) is 55.5 Å². The molecule has 15 heavy (non-hydrogen) atoms. The van der Waals surface area contributed by atoms with E-state index in [2.05, 4.69) is 15.9 Å². The number of aliphatic hydroxyl groups is 1. The molecule has 1 aromatic rings. The highest BCUT2D eigenvalue weighted by molar-refractivity contribution is 9.10. The number of benzene rings is 1. The van der Waals surface area contributed by atoms with Gasteiger partial charge in [-0.25, -0.2) is 0 Å². The van der Waals surface area contributed by atoms with Crippen molar-refractivity contribution in [1.29, 1.82) is 0 Å². The molecule has 1 atom stereocenters. The summed E-state index contributed by atoms with van der Waals surface area (Å²) in [7, 11) is 1.58. The first-order valence-corrected chi connectivity index (χ1v) is 5.54.